The van der Waals surface area contributed by atoms with E-state index >= 15 is 0 Å². The minimum absolute atomic E-state index is 0.0489. The molecular formula is C26H42O2. The monoisotopic (exact) mass is 386 g/mol. The maximum Gasteiger partial charge on any atom is 0.313 e. The van der Waals surface area contributed by atoms with E-state index < -0.39 is 0 Å². The summed E-state index contributed by atoms with van der Waals surface area (Å²) in [6.45, 7) is 2.28. The van der Waals surface area contributed by atoms with E-state index in [4.69, 9.17) is 4.74 Å². The molecule has 0 bridgehead atoms. The van der Waals surface area contributed by atoms with Crippen LogP contribution in [0.4, 0.5) is 0 Å². The van der Waals surface area contributed by atoms with Gasteiger partial charge in [0.25, 0.3) is 0 Å². The first-order chi connectivity index (χ1) is 13.8. The van der Waals surface area contributed by atoms with Crippen molar-refractivity contribution < 1.29 is 9.53 Å². The van der Waals surface area contributed by atoms with Gasteiger partial charge in [-0.05, 0) is 37.7 Å². The maximum atomic E-state index is 11.8. The second-order valence-corrected chi connectivity index (χ2v) is 8.64. The van der Waals surface area contributed by atoms with Crippen molar-refractivity contribution in [3.8, 4) is 0 Å². The molecule has 1 heterocycles. The average Bonchev–Trinajstić information content (AvgIpc) is 2.71. The molecule has 28 heavy (non-hydrogen) atoms. The average molecular weight is 387 g/mol. The lowest BCUT2D eigenvalue weighted by Crippen LogP contribution is -2.44. The summed E-state index contributed by atoms with van der Waals surface area (Å²) in [6.07, 6.45) is 20.8. The Kier molecular flexibility index (Phi) is 12.0. The standard InChI is InChI=1S/C26H42O2/c1-2-3-4-5-6-7-8-9-10-11-15-22-25-24(26(27)28-25)21-17-16-20-23-18-13-12-14-19-23/h12-14,18-19,24-25H,2-11,15-17,20-22H2,1H3/t24-,25-/m1/s1. The van der Waals surface area contributed by atoms with Crippen molar-refractivity contribution in [1.29, 1.82) is 0 Å². The second-order valence-electron chi connectivity index (χ2n) is 8.64. The van der Waals surface area contributed by atoms with E-state index in [-0.39, 0.29) is 18.0 Å². The molecule has 1 aliphatic heterocycles. The van der Waals surface area contributed by atoms with Crippen LogP contribution in [0.25, 0.3) is 0 Å². The summed E-state index contributed by atoms with van der Waals surface area (Å²) < 4.78 is 5.42. The van der Waals surface area contributed by atoms with Crippen LogP contribution in [0.3, 0.4) is 0 Å². The number of aryl methyl sites for hydroxylation is 1. The number of benzene rings is 1. The Morgan fingerprint density at radius 3 is 1.89 bits per heavy atom. The minimum atomic E-state index is 0.0489. The number of unbranched alkanes of at least 4 members (excludes halogenated alkanes) is 11. The van der Waals surface area contributed by atoms with E-state index in [0.29, 0.717) is 0 Å². The van der Waals surface area contributed by atoms with Crippen LogP contribution in [-0.4, -0.2) is 12.1 Å². The lowest BCUT2D eigenvalue weighted by Gasteiger charge is -2.35. The topological polar surface area (TPSA) is 26.3 Å². The van der Waals surface area contributed by atoms with Gasteiger partial charge in [-0.15, -0.1) is 0 Å². The molecule has 2 rings (SSSR count). The molecule has 0 saturated carbocycles. The van der Waals surface area contributed by atoms with E-state index in [2.05, 4.69) is 37.3 Å². The van der Waals surface area contributed by atoms with Crippen LogP contribution in [0.5, 0.6) is 0 Å². The van der Waals surface area contributed by atoms with Crippen LogP contribution in [0, 0.1) is 5.92 Å². The molecule has 0 aromatic heterocycles. The number of rotatable bonds is 17. The van der Waals surface area contributed by atoms with Crippen molar-refractivity contribution in [1.82, 2.24) is 0 Å². The van der Waals surface area contributed by atoms with Gasteiger partial charge in [-0.1, -0.05) is 108 Å². The number of esters is 1. The normalized spacial score (nSPS) is 18.7. The summed E-state index contributed by atoms with van der Waals surface area (Å²) in [6, 6.07) is 10.6. The third-order valence-corrected chi connectivity index (χ3v) is 6.18. The molecule has 1 fully saturated rings. The Hall–Kier alpha value is -1.31. The molecule has 0 N–H and O–H groups in total. The molecule has 1 aromatic carbocycles. The lowest BCUT2D eigenvalue weighted by molar-refractivity contribution is -0.186. The Labute approximate surface area is 173 Å². The van der Waals surface area contributed by atoms with Crippen LogP contribution >= 0.6 is 0 Å². The van der Waals surface area contributed by atoms with Crippen molar-refractivity contribution >= 4 is 5.97 Å². The fraction of sp³-hybridized carbons (Fsp3) is 0.731. The van der Waals surface area contributed by atoms with Crippen LogP contribution in [-0.2, 0) is 16.0 Å². The highest BCUT2D eigenvalue weighted by molar-refractivity contribution is 5.78. The minimum Gasteiger partial charge on any atom is -0.461 e. The molecule has 2 nitrogen and oxygen atoms in total. The molecule has 0 amide bonds. The summed E-state index contributed by atoms with van der Waals surface area (Å²) in [5.74, 6) is 0.228. The number of ether oxygens (including phenoxy) is 1. The van der Waals surface area contributed by atoms with Crippen molar-refractivity contribution in [2.24, 2.45) is 5.92 Å². The van der Waals surface area contributed by atoms with Crippen LogP contribution in [0.1, 0.15) is 109 Å². The van der Waals surface area contributed by atoms with E-state index in [1.165, 1.54) is 82.6 Å². The smallest absolute Gasteiger partial charge is 0.313 e. The fourth-order valence-electron chi connectivity index (χ4n) is 4.31. The summed E-state index contributed by atoms with van der Waals surface area (Å²) in [5.41, 5.74) is 1.40. The second kappa shape index (κ2) is 14.7. The predicted molar refractivity (Wildman–Crippen MR) is 118 cm³/mol. The predicted octanol–water partition coefficient (Wildman–Crippen LogP) is 7.64. The zero-order chi connectivity index (χ0) is 19.9. The van der Waals surface area contributed by atoms with Crippen LogP contribution < -0.4 is 0 Å². The van der Waals surface area contributed by atoms with Gasteiger partial charge in [0.1, 0.15) is 6.10 Å². The number of carbonyl (C=O) groups excluding carboxylic acids is 1. The highest BCUT2D eigenvalue weighted by Crippen LogP contribution is 2.31. The molecular weight excluding hydrogens is 344 g/mol. The molecule has 0 spiro atoms. The van der Waals surface area contributed by atoms with Gasteiger partial charge in [0, 0.05) is 0 Å². The SMILES string of the molecule is CCCCCCCCCCCCC[C@H]1OC(=O)[C@@H]1CCCCc1ccccc1. The van der Waals surface area contributed by atoms with Crippen LogP contribution in [0.15, 0.2) is 30.3 Å². The zero-order valence-electron chi connectivity index (χ0n) is 18.2. The molecule has 0 radical (unpaired) electrons. The third-order valence-electron chi connectivity index (χ3n) is 6.18. The van der Waals surface area contributed by atoms with Gasteiger partial charge in [0.15, 0.2) is 0 Å². The third kappa shape index (κ3) is 9.26. The van der Waals surface area contributed by atoms with Gasteiger partial charge in [-0.25, -0.2) is 0 Å². The van der Waals surface area contributed by atoms with Gasteiger partial charge in [-0.3, -0.25) is 4.79 Å². The first kappa shape index (κ1) is 23.0. The Bertz CT molecular complexity index is 510. The van der Waals surface area contributed by atoms with E-state index in [1.807, 2.05) is 0 Å². The Morgan fingerprint density at radius 2 is 1.29 bits per heavy atom. The van der Waals surface area contributed by atoms with Crippen molar-refractivity contribution in [3.63, 3.8) is 0 Å². The molecule has 0 unspecified atom stereocenters. The van der Waals surface area contributed by atoms with Crippen molar-refractivity contribution in [3.05, 3.63) is 35.9 Å². The van der Waals surface area contributed by atoms with Gasteiger partial charge >= 0.3 is 5.97 Å². The maximum absolute atomic E-state index is 11.8. The largest absolute Gasteiger partial charge is 0.461 e. The van der Waals surface area contributed by atoms with Crippen molar-refractivity contribution in [2.45, 2.75) is 116 Å². The van der Waals surface area contributed by atoms with E-state index in [9.17, 15) is 4.79 Å². The first-order valence-corrected chi connectivity index (χ1v) is 12.1. The summed E-state index contributed by atoms with van der Waals surface area (Å²) in [5, 5.41) is 0. The molecule has 1 aromatic rings. The Balaban J connectivity index is 1.42. The number of carbonyl (C=O) groups is 1. The molecule has 1 aliphatic rings. The molecule has 0 aliphatic carbocycles. The Morgan fingerprint density at radius 1 is 0.714 bits per heavy atom. The summed E-state index contributed by atoms with van der Waals surface area (Å²) in [7, 11) is 0. The highest BCUT2D eigenvalue weighted by Gasteiger charge is 2.40. The first-order valence-electron chi connectivity index (χ1n) is 12.1. The number of cyclic esters (lactones) is 1. The molecule has 1 saturated heterocycles. The van der Waals surface area contributed by atoms with Gasteiger partial charge in [0.05, 0.1) is 5.92 Å². The van der Waals surface area contributed by atoms with Crippen molar-refractivity contribution in [2.75, 3.05) is 0 Å². The quantitative estimate of drug-likeness (QED) is 0.203. The molecule has 2 heteroatoms. The van der Waals surface area contributed by atoms with Gasteiger partial charge < -0.3 is 4.74 Å². The number of hydrogen-bond acceptors (Lipinski definition) is 2. The fourth-order valence-corrected chi connectivity index (χ4v) is 4.31. The highest BCUT2D eigenvalue weighted by atomic mass is 16.6. The summed E-state index contributed by atoms with van der Waals surface area (Å²) in [4.78, 5) is 11.8. The van der Waals surface area contributed by atoms with Gasteiger partial charge in [-0.2, -0.15) is 0 Å². The zero-order valence-corrected chi connectivity index (χ0v) is 18.2. The van der Waals surface area contributed by atoms with E-state index in [0.717, 1.165) is 25.7 Å². The van der Waals surface area contributed by atoms with E-state index in [1.54, 1.807) is 0 Å². The lowest BCUT2D eigenvalue weighted by atomic mass is 9.87. The van der Waals surface area contributed by atoms with Gasteiger partial charge in [0.2, 0.25) is 0 Å². The number of hydrogen-bond donors (Lipinski definition) is 0. The van der Waals surface area contributed by atoms with Crippen LogP contribution in [0.2, 0.25) is 0 Å². The molecule has 2 atom stereocenters. The molecule has 158 valence electrons. The summed E-state index contributed by atoms with van der Waals surface area (Å²) >= 11 is 0.